The fraction of sp³-hybridized carbons (Fsp3) is 0.579. The van der Waals surface area contributed by atoms with Crippen LogP contribution in [0.2, 0.25) is 0 Å². The molecule has 0 aromatic carbocycles. The second-order valence-electron chi connectivity index (χ2n) is 7.52. The Hall–Kier alpha value is -3.17. The zero-order chi connectivity index (χ0) is 25.8. The van der Waals surface area contributed by atoms with Gasteiger partial charge in [0.2, 0.25) is 23.6 Å². The van der Waals surface area contributed by atoms with Crippen molar-refractivity contribution in [2.75, 3.05) is 12.0 Å². The molecule has 0 saturated heterocycles. The minimum Gasteiger partial charge on any atom is -0.480 e. The summed E-state index contributed by atoms with van der Waals surface area (Å²) in [6, 6.07) is -5.33. The van der Waals surface area contributed by atoms with Crippen LogP contribution in [-0.4, -0.2) is 92.1 Å². The van der Waals surface area contributed by atoms with Crippen LogP contribution in [0.1, 0.15) is 25.5 Å². The smallest absolute Gasteiger partial charge is 0.326 e. The van der Waals surface area contributed by atoms with Gasteiger partial charge in [-0.15, -0.1) is 0 Å². The number of hydrogen-bond acceptors (Lipinski definition) is 9. The minimum absolute atomic E-state index is 0.0864. The molecule has 0 fully saturated rings. The third-order valence-corrected chi connectivity index (χ3v) is 5.34. The number of nitrogens with zero attached hydrogens (tertiary/aromatic N) is 1. The topological polar surface area (TPSA) is 243 Å². The monoisotopic (exact) mass is 501 g/mol. The molecule has 1 aromatic heterocycles. The number of amides is 4. The molecule has 0 spiro atoms. The van der Waals surface area contributed by atoms with E-state index >= 15 is 0 Å². The molecule has 14 nitrogen and oxygen atoms in total. The molecule has 190 valence electrons. The second-order valence-corrected chi connectivity index (χ2v) is 8.51. The number of nitrogens with two attached hydrogens (primary N) is 2. The molecule has 10 N–H and O–H groups in total. The quantitative estimate of drug-likeness (QED) is 0.120. The summed E-state index contributed by atoms with van der Waals surface area (Å²) in [7, 11) is 0. The molecular formula is C19H31N7O7S. The first-order valence-corrected chi connectivity index (χ1v) is 11.7. The summed E-state index contributed by atoms with van der Waals surface area (Å²) >= 11 is 1.41. The summed E-state index contributed by atoms with van der Waals surface area (Å²) in [6.07, 6.45) is 2.80. The molecular weight excluding hydrogens is 470 g/mol. The number of carbonyl (C=O) groups excluding carboxylic acids is 4. The fourth-order valence-electron chi connectivity index (χ4n) is 2.76. The summed E-state index contributed by atoms with van der Waals surface area (Å²) in [6.45, 7) is 1.27. The Morgan fingerprint density at radius 2 is 1.68 bits per heavy atom. The van der Waals surface area contributed by atoms with Crippen LogP contribution in [0.5, 0.6) is 0 Å². The number of H-pyrrole nitrogens is 1. The Bertz CT molecular complexity index is 850. The van der Waals surface area contributed by atoms with Crippen molar-refractivity contribution in [1.29, 1.82) is 0 Å². The maximum Gasteiger partial charge on any atom is 0.326 e. The Morgan fingerprint density at radius 3 is 2.18 bits per heavy atom. The van der Waals surface area contributed by atoms with Crippen LogP contribution in [0, 0.1) is 0 Å². The van der Waals surface area contributed by atoms with Gasteiger partial charge in [-0.2, -0.15) is 11.8 Å². The van der Waals surface area contributed by atoms with Crippen molar-refractivity contribution in [3.05, 3.63) is 18.2 Å². The van der Waals surface area contributed by atoms with Gasteiger partial charge in [-0.1, -0.05) is 0 Å². The zero-order valence-electron chi connectivity index (χ0n) is 18.8. The van der Waals surface area contributed by atoms with Crippen LogP contribution in [0.25, 0.3) is 0 Å². The number of primary amides is 1. The highest BCUT2D eigenvalue weighted by Crippen LogP contribution is 2.05. The predicted octanol–water partition coefficient (Wildman–Crippen LogP) is -3.17. The highest BCUT2D eigenvalue weighted by molar-refractivity contribution is 7.98. The lowest BCUT2D eigenvalue weighted by atomic mass is 10.1. The molecule has 15 heteroatoms. The van der Waals surface area contributed by atoms with Crippen molar-refractivity contribution in [3.8, 4) is 0 Å². The summed E-state index contributed by atoms with van der Waals surface area (Å²) in [4.78, 5) is 67.5. The lowest BCUT2D eigenvalue weighted by Gasteiger charge is -2.25. The fourth-order valence-corrected chi connectivity index (χ4v) is 3.23. The van der Waals surface area contributed by atoms with Crippen molar-refractivity contribution in [1.82, 2.24) is 25.9 Å². The van der Waals surface area contributed by atoms with Crippen LogP contribution in [-0.2, 0) is 30.4 Å². The first-order valence-electron chi connectivity index (χ1n) is 10.3. The summed E-state index contributed by atoms with van der Waals surface area (Å²) < 4.78 is 0. The zero-order valence-corrected chi connectivity index (χ0v) is 19.6. The molecule has 4 amide bonds. The molecule has 0 saturated carbocycles. The van der Waals surface area contributed by atoms with E-state index in [1.54, 1.807) is 6.26 Å². The molecule has 0 bridgehead atoms. The number of nitrogens with one attached hydrogen (secondary N) is 4. The van der Waals surface area contributed by atoms with Crippen LogP contribution >= 0.6 is 11.8 Å². The highest BCUT2D eigenvalue weighted by atomic mass is 32.2. The number of carbonyl (C=O) groups is 5. The highest BCUT2D eigenvalue weighted by Gasteiger charge is 2.32. The largest absolute Gasteiger partial charge is 0.480 e. The van der Waals surface area contributed by atoms with Crippen LogP contribution in [0.4, 0.5) is 0 Å². The lowest BCUT2D eigenvalue weighted by molar-refractivity contribution is -0.142. The number of hydrogen-bond donors (Lipinski definition) is 8. The van der Waals surface area contributed by atoms with E-state index in [-0.39, 0.29) is 12.8 Å². The Kier molecular flexibility index (Phi) is 12.0. The maximum atomic E-state index is 12.9. The van der Waals surface area contributed by atoms with E-state index in [1.165, 1.54) is 31.2 Å². The van der Waals surface area contributed by atoms with Gasteiger partial charge in [-0.05, 0) is 25.4 Å². The number of aromatic amines is 1. The van der Waals surface area contributed by atoms with Crippen molar-refractivity contribution in [2.24, 2.45) is 11.5 Å². The van der Waals surface area contributed by atoms with Crippen LogP contribution in [0.15, 0.2) is 12.5 Å². The number of aliphatic carboxylic acids is 1. The van der Waals surface area contributed by atoms with Gasteiger partial charge in [0, 0.05) is 18.3 Å². The number of aliphatic hydroxyl groups is 1. The van der Waals surface area contributed by atoms with Gasteiger partial charge in [0.05, 0.1) is 18.9 Å². The standard InChI is InChI=1S/C19H31N7O7S/c1-9(27)15(21)18(31)26-13(6-14(20)28)17(30)25-12(5-10-7-22-8-23-10)16(29)24-11(19(32)33)3-4-34-2/h7-9,11-13,15,27H,3-6,21H2,1-2H3,(H2,20,28)(H,22,23)(H,24,29)(H,25,30)(H,26,31)(H,32,33). The van der Waals surface area contributed by atoms with E-state index in [1.807, 2.05) is 0 Å². The second kappa shape index (κ2) is 14.2. The van der Waals surface area contributed by atoms with E-state index in [0.29, 0.717) is 11.4 Å². The number of imidazole rings is 1. The van der Waals surface area contributed by atoms with E-state index in [9.17, 15) is 34.2 Å². The maximum absolute atomic E-state index is 12.9. The number of aliphatic hydroxyl groups excluding tert-OH is 1. The molecule has 1 heterocycles. The van der Waals surface area contributed by atoms with Crippen molar-refractivity contribution in [2.45, 2.75) is 56.5 Å². The van der Waals surface area contributed by atoms with Gasteiger partial charge in [0.25, 0.3) is 0 Å². The van der Waals surface area contributed by atoms with Crippen molar-refractivity contribution < 1.29 is 34.2 Å². The molecule has 5 atom stereocenters. The molecule has 0 aliphatic carbocycles. The van der Waals surface area contributed by atoms with Gasteiger partial charge in [0.15, 0.2) is 0 Å². The Balaban J connectivity index is 3.06. The molecule has 1 rings (SSSR count). The van der Waals surface area contributed by atoms with Crippen molar-refractivity contribution in [3.63, 3.8) is 0 Å². The lowest BCUT2D eigenvalue weighted by Crippen LogP contribution is -2.59. The Morgan fingerprint density at radius 1 is 1.09 bits per heavy atom. The van der Waals surface area contributed by atoms with E-state index in [0.717, 1.165) is 0 Å². The van der Waals surface area contributed by atoms with Gasteiger partial charge in [0.1, 0.15) is 24.2 Å². The molecule has 0 radical (unpaired) electrons. The molecule has 34 heavy (non-hydrogen) atoms. The number of thioether (sulfide) groups is 1. The molecule has 5 unspecified atom stereocenters. The Labute approximate surface area is 200 Å². The summed E-state index contributed by atoms with van der Waals surface area (Å²) in [5.74, 6) is -4.30. The minimum atomic E-state index is -1.49. The molecule has 0 aliphatic rings. The number of aromatic nitrogens is 2. The first-order chi connectivity index (χ1) is 16.0. The van der Waals surface area contributed by atoms with E-state index in [2.05, 4.69) is 25.9 Å². The normalized spacial score (nSPS) is 15.3. The van der Waals surface area contributed by atoms with Gasteiger partial charge in [-0.25, -0.2) is 9.78 Å². The number of rotatable bonds is 15. The number of carboxylic acid groups (broad SMARTS) is 1. The van der Waals surface area contributed by atoms with Crippen LogP contribution < -0.4 is 27.4 Å². The van der Waals surface area contributed by atoms with Gasteiger partial charge >= 0.3 is 5.97 Å². The summed E-state index contributed by atoms with van der Waals surface area (Å²) in [5.41, 5.74) is 11.2. The predicted molar refractivity (Wildman–Crippen MR) is 122 cm³/mol. The van der Waals surface area contributed by atoms with Gasteiger partial charge in [-0.3, -0.25) is 19.2 Å². The molecule has 1 aromatic rings. The van der Waals surface area contributed by atoms with E-state index < -0.39 is 66.3 Å². The van der Waals surface area contributed by atoms with E-state index in [4.69, 9.17) is 11.5 Å². The van der Waals surface area contributed by atoms with Crippen LogP contribution in [0.3, 0.4) is 0 Å². The van der Waals surface area contributed by atoms with Crippen molar-refractivity contribution >= 4 is 41.4 Å². The number of carboxylic acids is 1. The molecule has 0 aliphatic heterocycles. The third-order valence-electron chi connectivity index (χ3n) is 4.70. The summed E-state index contributed by atoms with van der Waals surface area (Å²) in [5, 5.41) is 25.9. The average molecular weight is 502 g/mol. The third kappa shape index (κ3) is 9.76. The van der Waals surface area contributed by atoms with Gasteiger partial charge < -0.3 is 42.6 Å². The average Bonchev–Trinajstić information content (AvgIpc) is 3.27. The first kappa shape index (κ1) is 28.9. The SMILES string of the molecule is CSCCC(NC(=O)C(Cc1cnc[nH]1)NC(=O)C(CC(N)=O)NC(=O)C(N)C(C)O)C(=O)O.